The number of hydrogen-bond acceptors (Lipinski definition) is 3. The van der Waals surface area contributed by atoms with E-state index in [1.165, 1.54) is 0 Å². The molecule has 0 saturated heterocycles. The molecule has 0 aliphatic rings. The first kappa shape index (κ1) is 17.9. The number of carbonyl (C=O) groups excluding carboxylic acids is 1. The van der Waals surface area contributed by atoms with Crippen LogP contribution in [0, 0.1) is 13.8 Å². The maximum absolute atomic E-state index is 12.6. The normalized spacial score (nSPS) is 10.3. The van der Waals surface area contributed by atoms with Gasteiger partial charge in [0.25, 0.3) is 0 Å². The van der Waals surface area contributed by atoms with Gasteiger partial charge in [-0.05, 0) is 56.2 Å². The van der Waals surface area contributed by atoms with E-state index in [0.29, 0.717) is 19.5 Å². The number of amides is 1. The first-order chi connectivity index (χ1) is 11.5. The lowest BCUT2D eigenvalue weighted by molar-refractivity contribution is -0.118. The quantitative estimate of drug-likeness (QED) is 0.830. The summed E-state index contributed by atoms with van der Waals surface area (Å²) in [6.07, 6.45) is 0.429. The van der Waals surface area contributed by atoms with Crippen LogP contribution in [0.15, 0.2) is 42.5 Å². The molecule has 0 aliphatic carbocycles. The topological polar surface area (TPSA) is 41.6 Å². The molecule has 4 heteroatoms. The zero-order valence-corrected chi connectivity index (χ0v) is 14.9. The summed E-state index contributed by atoms with van der Waals surface area (Å²) in [4.78, 5) is 14.4. The van der Waals surface area contributed by atoms with Gasteiger partial charge in [0.2, 0.25) is 5.91 Å². The van der Waals surface area contributed by atoms with Crippen molar-refractivity contribution in [1.82, 2.24) is 0 Å². The second kappa shape index (κ2) is 8.39. The van der Waals surface area contributed by atoms with Crippen molar-refractivity contribution in [2.45, 2.75) is 27.2 Å². The minimum absolute atomic E-state index is 0.113. The molecule has 0 aromatic heterocycles. The minimum atomic E-state index is 0.113. The molecule has 4 nitrogen and oxygen atoms in total. The SMILES string of the molecule is CCN(C(=O)CCNc1cc(C)ccc1OC)c1cccc(C)c1. The fraction of sp³-hybridized carbons (Fsp3) is 0.350. The van der Waals surface area contributed by atoms with E-state index in [2.05, 4.69) is 5.32 Å². The van der Waals surface area contributed by atoms with E-state index in [4.69, 9.17) is 4.74 Å². The van der Waals surface area contributed by atoms with Crippen LogP contribution < -0.4 is 15.0 Å². The summed E-state index contributed by atoms with van der Waals surface area (Å²) < 4.78 is 5.35. The number of nitrogens with zero attached hydrogens (tertiary/aromatic N) is 1. The predicted molar refractivity (Wildman–Crippen MR) is 100 cm³/mol. The Bertz CT molecular complexity index is 698. The van der Waals surface area contributed by atoms with Gasteiger partial charge in [-0.15, -0.1) is 0 Å². The van der Waals surface area contributed by atoms with Crippen LogP contribution in [-0.2, 0) is 4.79 Å². The number of nitrogens with one attached hydrogen (secondary N) is 1. The van der Waals surface area contributed by atoms with E-state index in [-0.39, 0.29) is 5.91 Å². The van der Waals surface area contributed by atoms with E-state index < -0.39 is 0 Å². The molecule has 0 bridgehead atoms. The van der Waals surface area contributed by atoms with Crippen molar-refractivity contribution >= 4 is 17.3 Å². The van der Waals surface area contributed by atoms with E-state index in [9.17, 15) is 4.79 Å². The zero-order chi connectivity index (χ0) is 17.5. The number of ether oxygens (including phenoxy) is 1. The third kappa shape index (κ3) is 4.51. The number of hydrogen-bond donors (Lipinski definition) is 1. The van der Waals surface area contributed by atoms with E-state index >= 15 is 0 Å². The average molecular weight is 326 g/mol. The lowest BCUT2D eigenvalue weighted by atomic mass is 10.2. The number of carbonyl (C=O) groups is 1. The van der Waals surface area contributed by atoms with Crippen LogP contribution in [0.4, 0.5) is 11.4 Å². The Morgan fingerprint density at radius 2 is 1.88 bits per heavy atom. The Morgan fingerprint density at radius 3 is 2.54 bits per heavy atom. The molecule has 0 fully saturated rings. The van der Waals surface area contributed by atoms with Gasteiger partial charge in [-0.3, -0.25) is 4.79 Å². The first-order valence-electron chi connectivity index (χ1n) is 8.30. The van der Waals surface area contributed by atoms with Crippen LogP contribution in [0.3, 0.4) is 0 Å². The molecular formula is C20H26N2O2. The summed E-state index contributed by atoms with van der Waals surface area (Å²) in [6.45, 7) is 7.30. The number of rotatable bonds is 7. The van der Waals surface area contributed by atoms with Crippen LogP contribution in [0.25, 0.3) is 0 Å². The van der Waals surface area contributed by atoms with Crippen molar-refractivity contribution in [3.8, 4) is 5.75 Å². The molecule has 0 atom stereocenters. The third-order valence-corrected chi connectivity index (χ3v) is 3.94. The van der Waals surface area contributed by atoms with E-state index in [1.54, 1.807) is 7.11 Å². The highest BCUT2D eigenvalue weighted by Gasteiger charge is 2.14. The number of anilines is 2. The molecule has 2 aromatic carbocycles. The Kier molecular flexibility index (Phi) is 6.24. The highest BCUT2D eigenvalue weighted by molar-refractivity contribution is 5.93. The predicted octanol–water partition coefficient (Wildman–Crippen LogP) is 4.17. The number of methoxy groups -OCH3 is 1. The second-order valence-electron chi connectivity index (χ2n) is 5.86. The van der Waals surface area contributed by atoms with Gasteiger partial charge < -0.3 is 15.0 Å². The lowest BCUT2D eigenvalue weighted by Crippen LogP contribution is -2.31. The molecule has 0 heterocycles. The summed E-state index contributed by atoms with van der Waals surface area (Å²) >= 11 is 0. The Balaban J connectivity index is 1.98. The fourth-order valence-corrected chi connectivity index (χ4v) is 2.70. The van der Waals surface area contributed by atoms with E-state index in [0.717, 1.165) is 28.3 Å². The Labute approximate surface area is 144 Å². The standard InChI is InChI=1S/C20H26N2O2/c1-5-22(17-8-6-7-15(2)13-17)20(23)11-12-21-18-14-16(3)9-10-19(18)24-4/h6-10,13-14,21H,5,11-12H2,1-4H3. The molecule has 1 N–H and O–H groups in total. The van der Waals surface area contributed by atoms with Gasteiger partial charge in [-0.25, -0.2) is 0 Å². The van der Waals surface area contributed by atoms with Gasteiger partial charge in [0.1, 0.15) is 5.75 Å². The van der Waals surface area contributed by atoms with Crippen LogP contribution in [0.2, 0.25) is 0 Å². The van der Waals surface area contributed by atoms with Gasteiger partial charge in [0.15, 0.2) is 0 Å². The highest BCUT2D eigenvalue weighted by atomic mass is 16.5. The van der Waals surface area contributed by atoms with Gasteiger partial charge in [-0.2, -0.15) is 0 Å². The summed E-state index contributed by atoms with van der Waals surface area (Å²) in [5, 5.41) is 3.31. The zero-order valence-electron chi connectivity index (χ0n) is 14.9. The van der Waals surface area contributed by atoms with Crippen molar-refractivity contribution in [2.75, 3.05) is 30.4 Å². The summed E-state index contributed by atoms with van der Waals surface area (Å²) in [7, 11) is 1.65. The molecule has 0 spiro atoms. The fourth-order valence-electron chi connectivity index (χ4n) is 2.70. The molecule has 1 amide bonds. The molecule has 0 saturated carbocycles. The van der Waals surface area contributed by atoms with Crippen molar-refractivity contribution in [3.63, 3.8) is 0 Å². The molecular weight excluding hydrogens is 300 g/mol. The van der Waals surface area contributed by atoms with Crippen molar-refractivity contribution in [2.24, 2.45) is 0 Å². The highest BCUT2D eigenvalue weighted by Crippen LogP contribution is 2.25. The smallest absolute Gasteiger partial charge is 0.228 e. The van der Waals surface area contributed by atoms with Crippen LogP contribution in [0.1, 0.15) is 24.5 Å². The average Bonchev–Trinajstić information content (AvgIpc) is 2.56. The summed E-state index contributed by atoms with van der Waals surface area (Å²) in [5.74, 6) is 0.904. The van der Waals surface area contributed by atoms with Gasteiger partial charge in [0.05, 0.1) is 12.8 Å². The minimum Gasteiger partial charge on any atom is -0.495 e. The Hall–Kier alpha value is -2.49. The lowest BCUT2D eigenvalue weighted by Gasteiger charge is -2.22. The number of aryl methyl sites for hydroxylation is 2. The van der Waals surface area contributed by atoms with Gasteiger partial charge >= 0.3 is 0 Å². The third-order valence-electron chi connectivity index (χ3n) is 3.94. The summed E-state index contributed by atoms with van der Waals surface area (Å²) in [5.41, 5.74) is 4.18. The van der Waals surface area contributed by atoms with Gasteiger partial charge in [0, 0.05) is 25.2 Å². The molecule has 24 heavy (non-hydrogen) atoms. The summed E-state index contributed by atoms with van der Waals surface area (Å²) in [6, 6.07) is 14.0. The molecule has 2 aromatic rings. The first-order valence-corrected chi connectivity index (χ1v) is 8.30. The van der Waals surface area contributed by atoms with Crippen molar-refractivity contribution < 1.29 is 9.53 Å². The molecule has 0 unspecified atom stereocenters. The van der Waals surface area contributed by atoms with Crippen molar-refractivity contribution in [3.05, 3.63) is 53.6 Å². The molecule has 0 radical (unpaired) electrons. The van der Waals surface area contributed by atoms with Gasteiger partial charge in [-0.1, -0.05) is 18.2 Å². The Morgan fingerprint density at radius 1 is 1.12 bits per heavy atom. The van der Waals surface area contributed by atoms with Crippen LogP contribution >= 0.6 is 0 Å². The number of benzene rings is 2. The maximum atomic E-state index is 12.6. The van der Waals surface area contributed by atoms with Crippen LogP contribution in [0.5, 0.6) is 5.75 Å². The monoisotopic (exact) mass is 326 g/mol. The molecule has 0 aliphatic heterocycles. The molecule has 128 valence electrons. The maximum Gasteiger partial charge on any atom is 0.228 e. The van der Waals surface area contributed by atoms with E-state index in [1.807, 2.05) is 68.1 Å². The van der Waals surface area contributed by atoms with Crippen LogP contribution in [-0.4, -0.2) is 26.1 Å². The second-order valence-corrected chi connectivity index (χ2v) is 5.86. The largest absolute Gasteiger partial charge is 0.495 e. The van der Waals surface area contributed by atoms with Crippen molar-refractivity contribution in [1.29, 1.82) is 0 Å². The molecule has 2 rings (SSSR count).